The van der Waals surface area contributed by atoms with Gasteiger partial charge in [-0.1, -0.05) is 29.8 Å². The molecule has 1 amide bonds. The Morgan fingerprint density at radius 2 is 2.09 bits per heavy atom. The third-order valence-electron chi connectivity index (χ3n) is 3.50. The van der Waals surface area contributed by atoms with Crippen LogP contribution in [-0.4, -0.2) is 10.9 Å². The zero-order chi connectivity index (χ0) is 16.1. The number of hydrogen-bond donors (Lipinski definition) is 1. The number of carbonyl (C=O) groups excluding carboxylic acids is 1. The quantitative estimate of drug-likeness (QED) is 0.746. The first-order valence-electron chi connectivity index (χ1n) is 7.51. The number of carbonyl (C=O) groups is 1. The van der Waals surface area contributed by atoms with Crippen LogP contribution in [-0.2, 0) is 17.8 Å². The fourth-order valence-electron chi connectivity index (χ4n) is 2.18. The van der Waals surface area contributed by atoms with Gasteiger partial charge in [-0.3, -0.25) is 4.79 Å². The van der Waals surface area contributed by atoms with Crippen LogP contribution in [0, 0.1) is 6.92 Å². The second-order valence-electron chi connectivity index (χ2n) is 5.37. The second-order valence-corrected chi connectivity index (χ2v) is 6.22. The highest BCUT2D eigenvalue weighted by Gasteiger charge is 2.08. The maximum Gasteiger partial charge on any atom is 0.220 e. The zero-order valence-corrected chi connectivity index (χ0v) is 13.7. The Labute approximate surface area is 139 Å². The highest BCUT2D eigenvalue weighted by Crippen LogP contribution is 2.24. The summed E-state index contributed by atoms with van der Waals surface area (Å²) in [5, 5.41) is 5.86. The summed E-state index contributed by atoms with van der Waals surface area (Å²) in [7, 11) is 0. The van der Waals surface area contributed by atoms with E-state index in [1.807, 2.05) is 17.5 Å². The molecule has 0 saturated heterocycles. The van der Waals surface area contributed by atoms with Crippen molar-refractivity contribution in [2.24, 2.45) is 0 Å². The number of aryl methyl sites for hydroxylation is 2. The van der Waals surface area contributed by atoms with E-state index in [4.69, 9.17) is 4.42 Å². The molecule has 1 aromatic carbocycles. The summed E-state index contributed by atoms with van der Waals surface area (Å²) < 4.78 is 5.18. The Bertz CT molecular complexity index is 761. The van der Waals surface area contributed by atoms with E-state index in [1.54, 1.807) is 17.6 Å². The van der Waals surface area contributed by atoms with Gasteiger partial charge < -0.3 is 9.73 Å². The Balaban J connectivity index is 1.50. The number of hydrogen-bond acceptors (Lipinski definition) is 4. The van der Waals surface area contributed by atoms with Crippen LogP contribution in [0.4, 0.5) is 0 Å². The first kappa shape index (κ1) is 15.5. The molecule has 0 saturated carbocycles. The molecule has 0 unspecified atom stereocenters. The Hall–Kier alpha value is -2.40. The van der Waals surface area contributed by atoms with E-state index >= 15 is 0 Å². The van der Waals surface area contributed by atoms with Crippen molar-refractivity contribution in [3.05, 3.63) is 65.1 Å². The van der Waals surface area contributed by atoms with E-state index in [0.29, 0.717) is 19.4 Å². The summed E-state index contributed by atoms with van der Waals surface area (Å²) in [4.78, 5) is 16.5. The highest BCUT2D eigenvalue weighted by atomic mass is 32.1. The minimum absolute atomic E-state index is 0.00582. The van der Waals surface area contributed by atoms with Gasteiger partial charge in [-0.2, -0.15) is 0 Å². The molecule has 0 fully saturated rings. The predicted molar refractivity (Wildman–Crippen MR) is 91.2 cm³/mol. The van der Waals surface area contributed by atoms with E-state index in [2.05, 4.69) is 41.5 Å². The lowest BCUT2D eigenvalue weighted by Gasteiger charge is -2.02. The van der Waals surface area contributed by atoms with E-state index in [-0.39, 0.29) is 5.91 Å². The van der Waals surface area contributed by atoms with Crippen LogP contribution in [0.25, 0.3) is 10.6 Å². The van der Waals surface area contributed by atoms with Gasteiger partial charge in [-0.25, -0.2) is 4.98 Å². The van der Waals surface area contributed by atoms with Gasteiger partial charge in [0, 0.05) is 17.4 Å². The molecule has 0 radical (unpaired) electrons. The summed E-state index contributed by atoms with van der Waals surface area (Å²) >= 11 is 1.61. The van der Waals surface area contributed by atoms with Gasteiger partial charge in [0.1, 0.15) is 10.8 Å². The second kappa shape index (κ2) is 7.24. The van der Waals surface area contributed by atoms with Crippen LogP contribution in [0.3, 0.4) is 0 Å². The molecule has 2 aromatic heterocycles. The molecular formula is C18H18N2O2S. The van der Waals surface area contributed by atoms with Gasteiger partial charge in [0.05, 0.1) is 18.5 Å². The van der Waals surface area contributed by atoms with Crippen LogP contribution < -0.4 is 5.32 Å². The Morgan fingerprint density at radius 1 is 1.26 bits per heavy atom. The maximum atomic E-state index is 11.8. The van der Waals surface area contributed by atoms with Crippen molar-refractivity contribution < 1.29 is 9.21 Å². The number of amides is 1. The molecule has 0 aliphatic rings. The molecule has 118 valence electrons. The van der Waals surface area contributed by atoms with Crippen LogP contribution in [0.2, 0.25) is 0 Å². The largest absolute Gasteiger partial charge is 0.467 e. The average Bonchev–Trinajstić information content (AvgIpc) is 3.23. The Morgan fingerprint density at radius 3 is 2.83 bits per heavy atom. The average molecular weight is 326 g/mol. The van der Waals surface area contributed by atoms with Gasteiger partial charge in [0.15, 0.2) is 0 Å². The number of nitrogens with zero attached hydrogens (tertiary/aromatic N) is 1. The molecule has 0 aliphatic heterocycles. The zero-order valence-electron chi connectivity index (χ0n) is 12.9. The van der Waals surface area contributed by atoms with E-state index < -0.39 is 0 Å². The smallest absolute Gasteiger partial charge is 0.220 e. The lowest BCUT2D eigenvalue weighted by molar-refractivity contribution is -0.121. The standard InChI is InChI=1S/C18H18N2O2S/c1-13-4-6-14(7-5-13)18-20-15(12-23-18)8-9-17(21)19-11-16-3-2-10-22-16/h2-7,10,12H,8-9,11H2,1H3,(H,19,21). The monoisotopic (exact) mass is 326 g/mol. The third kappa shape index (κ3) is 4.29. The fraction of sp³-hybridized carbons (Fsp3) is 0.222. The number of benzene rings is 1. The van der Waals surface area contributed by atoms with E-state index in [9.17, 15) is 4.79 Å². The third-order valence-corrected chi connectivity index (χ3v) is 4.44. The molecular weight excluding hydrogens is 308 g/mol. The van der Waals surface area contributed by atoms with E-state index in [0.717, 1.165) is 22.0 Å². The van der Waals surface area contributed by atoms with Crippen molar-refractivity contribution in [2.75, 3.05) is 0 Å². The van der Waals surface area contributed by atoms with Gasteiger partial charge in [0.25, 0.3) is 0 Å². The van der Waals surface area contributed by atoms with Crippen molar-refractivity contribution in [3.8, 4) is 10.6 Å². The lowest BCUT2D eigenvalue weighted by atomic mass is 10.1. The first-order valence-corrected chi connectivity index (χ1v) is 8.39. The molecule has 0 atom stereocenters. The molecule has 3 rings (SSSR count). The number of nitrogens with one attached hydrogen (secondary N) is 1. The normalized spacial score (nSPS) is 10.7. The molecule has 2 heterocycles. The van der Waals surface area contributed by atoms with Gasteiger partial charge in [0.2, 0.25) is 5.91 Å². The lowest BCUT2D eigenvalue weighted by Crippen LogP contribution is -2.22. The van der Waals surface area contributed by atoms with Crippen molar-refractivity contribution in [1.82, 2.24) is 10.3 Å². The number of aromatic nitrogens is 1. The Kier molecular flexibility index (Phi) is 4.88. The minimum Gasteiger partial charge on any atom is -0.467 e. The molecule has 23 heavy (non-hydrogen) atoms. The molecule has 4 nitrogen and oxygen atoms in total. The summed E-state index contributed by atoms with van der Waals surface area (Å²) in [6, 6.07) is 12.0. The minimum atomic E-state index is 0.00582. The van der Waals surface area contributed by atoms with Crippen LogP contribution in [0.5, 0.6) is 0 Å². The number of thiazole rings is 1. The molecule has 0 bridgehead atoms. The van der Waals surface area contributed by atoms with Gasteiger partial charge in [-0.05, 0) is 25.5 Å². The fourth-order valence-corrected chi connectivity index (χ4v) is 3.04. The van der Waals surface area contributed by atoms with Crippen molar-refractivity contribution in [2.45, 2.75) is 26.3 Å². The summed E-state index contributed by atoms with van der Waals surface area (Å²) in [5.41, 5.74) is 3.31. The SMILES string of the molecule is Cc1ccc(-c2nc(CCC(=O)NCc3ccco3)cs2)cc1. The van der Waals surface area contributed by atoms with Crippen LogP contribution in [0.1, 0.15) is 23.4 Å². The molecule has 0 spiro atoms. The van der Waals surface area contributed by atoms with Crippen LogP contribution in [0.15, 0.2) is 52.5 Å². The van der Waals surface area contributed by atoms with Gasteiger partial charge >= 0.3 is 0 Å². The van der Waals surface area contributed by atoms with E-state index in [1.165, 1.54) is 5.56 Å². The highest BCUT2D eigenvalue weighted by molar-refractivity contribution is 7.13. The van der Waals surface area contributed by atoms with Crippen LogP contribution >= 0.6 is 11.3 Å². The summed E-state index contributed by atoms with van der Waals surface area (Å²) in [6.45, 7) is 2.50. The maximum absolute atomic E-state index is 11.8. The summed E-state index contributed by atoms with van der Waals surface area (Å²) in [5.74, 6) is 0.764. The number of rotatable bonds is 6. The summed E-state index contributed by atoms with van der Waals surface area (Å²) in [6.07, 6.45) is 2.67. The number of furan rings is 1. The molecule has 3 aromatic rings. The van der Waals surface area contributed by atoms with Crippen molar-refractivity contribution in [3.63, 3.8) is 0 Å². The molecule has 1 N–H and O–H groups in total. The van der Waals surface area contributed by atoms with Crippen molar-refractivity contribution in [1.29, 1.82) is 0 Å². The first-order chi connectivity index (χ1) is 11.2. The van der Waals surface area contributed by atoms with Crippen molar-refractivity contribution >= 4 is 17.2 Å². The van der Waals surface area contributed by atoms with Gasteiger partial charge in [-0.15, -0.1) is 11.3 Å². The topological polar surface area (TPSA) is 55.1 Å². The predicted octanol–water partition coefficient (Wildman–Crippen LogP) is 3.96. The molecule has 5 heteroatoms. The molecule has 0 aliphatic carbocycles.